The summed E-state index contributed by atoms with van der Waals surface area (Å²) in [5.41, 5.74) is 2.34. The number of hydrogen-bond donors (Lipinski definition) is 0. The molecule has 0 aliphatic carbocycles. The highest BCUT2D eigenvalue weighted by Gasteiger charge is 2.29. The first-order valence-corrected chi connectivity index (χ1v) is 12.2. The number of nitrogens with zero attached hydrogens (tertiary/aromatic N) is 3. The molecule has 2 aromatic carbocycles. The topological polar surface area (TPSA) is 69.7 Å². The van der Waals surface area contributed by atoms with Crippen LogP contribution in [0.15, 0.2) is 77.4 Å². The Kier molecular flexibility index (Phi) is 7.13. The van der Waals surface area contributed by atoms with Crippen LogP contribution in [0.2, 0.25) is 0 Å². The van der Waals surface area contributed by atoms with Gasteiger partial charge in [-0.1, -0.05) is 31.2 Å². The van der Waals surface area contributed by atoms with Gasteiger partial charge in [0, 0.05) is 19.2 Å². The summed E-state index contributed by atoms with van der Waals surface area (Å²) in [6.45, 7) is 3.35. The van der Waals surface area contributed by atoms with E-state index in [4.69, 9.17) is 19.0 Å². The molecule has 0 radical (unpaired) electrons. The van der Waals surface area contributed by atoms with Gasteiger partial charge in [-0.25, -0.2) is 9.07 Å². The van der Waals surface area contributed by atoms with E-state index in [0.717, 1.165) is 29.8 Å². The van der Waals surface area contributed by atoms with Crippen molar-refractivity contribution in [3.8, 4) is 17.3 Å². The summed E-state index contributed by atoms with van der Waals surface area (Å²) in [6, 6.07) is 18.9. The first-order chi connectivity index (χ1) is 17.6. The molecule has 36 heavy (non-hydrogen) atoms. The van der Waals surface area contributed by atoms with Gasteiger partial charge >= 0.3 is 0 Å². The Balaban J connectivity index is 1.57. The first kappa shape index (κ1) is 23.8. The number of carbonyl (C=O) groups excluding carboxylic acids is 1. The van der Waals surface area contributed by atoms with Gasteiger partial charge in [0.2, 0.25) is 5.88 Å². The number of furan rings is 1. The maximum Gasteiger partial charge on any atom is 0.289 e. The molecule has 1 amide bonds. The minimum absolute atomic E-state index is 0.0502. The third-order valence-electron chi connectivity index (χ3n) is 6.18. The van der Waals surface area contributed by atoms with E-state index in [-0.39, 0.29) is 24.3 Å². The number of amides is 1. The number of halogens is 1. The SMILES string of the molecule is CCc1nn(-c2ccccc2)c(Oc2cccc(F)c2)c1CN(C[C@H]1CCCO1)C(=O)c1ccco1. The zero-order chi connectivity index (χ0) is 24.9. The van der Waals surface area contributed by atoms with Crippen LogP contribution in [0.1, 0.15) is 41.6 Å². The summed E-state index contributed by atoms with van der Waals surface area (Å²) in [6.07, 6.45) is 3.91. The fourth-order valence-corrected chi connectivity index (χ4v) is 4.41. The van der Waals surface area contributed by atoms with Crippen LogP contribution in [-0.2, 0) is 17.7 Å². The Morgan fingerprint density at radius 1 is 1.17 bits per heavy atom. The second-order valence-corrected chi connectivity index (χ2v) is 8.69. The molecule has 1 aliphatic rings. The molecule has 7 nitrogen and oxygen atoms in total. The van der Waals surface area contributed by atoms with Crippen molar-refractivity contribution < 1.29 is 23.1 Å². The molecule has 5 rings (SSSR count). The maximum atomic E-state index is 14.0. The molecular weight excluding hydrogens is 461 g/mol. The summed E-state index contributed by atoms with van der Waals surface area (Å²) in [4.78, 5) is 15.2. The summed E-state index contributed by atoms with van der Waals surface area (Å²) in [7, 11) is 0. The van der Waals surface area contributed by atoms with Crippen LogP contribution < -0.4 is 4.74 Å². The van der Waals surface area contributed by atoms with Crippen molar-refractivity contribution >= 4 is 5.91 Å². The molecule has 0 unspecified atom stereocenters. The number of benzene rings is 2. The van der Waals surface area contributed by atoms with Crippen LogP contribution in [0.5, 0.6) is 11.6 Å². The van der Waals surface area contributed by atoms with E-state index in [1.54, 1.807) is 33.8 Å². The average Bonchev–Trinajstić information content (AvgIpc) is 3.67. The molecule has 0 saturated carbocycles. The molecular formula is C28H28FN3O4. The second-order valence-electron chi connectivity index (χ2n) is 8.69. The van der Waals surface area contributed by atoms with E-state index in [0.29, 0.717) is 31.2 Å². The largest absolute Gasteiger partial charge is 0.459 e. The van der Waals surface area contributed by atoms with Crippen molar-refractivity contribution in [1.82, 2.24) is 14.7 Å². The summed E-state index contributed by atoms with van der Waals surface area (Å²) in [5, 5.41) is 4.83. The zero-order valence-electron chi connectivity index (χ0n) is 20.1. The normalized spacial score (nSPS) is 15.2. The Hall–Kier alpha value is -3.91. The van der Waals surface area contributed by atoms with Crippen LogP contribution in [0.3, 0.4) is 0 Å². The molecule has 2 aromatic heterocycles. The summed E-state index contributed by atoms with van der Waals surface area (Å²) >= 11 is 0. The van der Waals surface area contributed by atoms with Gasteiger partial charge < -0.3 is 18.8 Å². The third-order valence-corrected chi connectivity index (χ3v) is 6.18. The highest BCUT2D eigenvalue weighted by atomic mass is 19.1. The molecule has 4 aromatic rings. The number of rotatable bonds is 9. The van der Waals surface area contributed by atoms with Crippen molar-refractivity contribution in [3.05, 3.63) is 95.8 Å². The smallest absolute Gasteiger partial charge is 0.289 e. The lowest BCUT2D eigenvalue weighted by molar-refractivity contribution is 0.0482. The Labute approximate surface area is 209 Å². The number of aromatic nitrogens is 2. The second kappa shape index (κ2) is 10.8. The maximum absolute atomic E-state index is 14.0. The summed E-state index contributed by atoms with van der Waals surface area (Å²) in [5.74, 6) is 0.409. The van der Waals surface area contributed by atoms with Gasteiger partial charge in [0.25, 0.3) is 5.91 Å². The number of aryl methyl sites for hydroxylation is 1. The molecule has 0 N–H and O–H groups in total. The van der Waals surface area contributed by atoms with Crippen LogP contribution in [0.4, 0.5) is 4.39 Å². The zero-order valence-corrected chi connectivity index (χ0v) is 20.1. The average molecular weight is 490 g/mol. The quantitative estimate of drug-likeness (QED) is 0.298. The van der Waals surface area contributed by atoms with Crippen molar-refractivity contribution in [2.45, 2.75) is 38.8 Å². The molecule has 8 heteroatoms. The molecule has 0 spiro atoms. The molecule has 1 atom stereocenters. The van der Waals surface area contributed by atoms with Crippen LogP contribution in [0, 0.1) is 5.82 Å². The standard InChI is InChI=1S/C28H28FN3O4/c1-2-25-24(19-31(18-23-13-7-15-34-23)27(33)26-14-8-16-35-26)28(36-22-12-6-9-20(29)17-22)32(30-25)21-10-4-3-5-11-21/h3-6,8-12,14,16-17,23H,2,7,13,15,18-19H2,1H3/t23-/m1/s1. The van der Waals surface area contributed by atoms with E-state index in [1.807, 2.05) is 37.3 Å². The molecule has 1 fully saturated rings. The lowest BCUT2D eigenvalue weighted by Crippen LogP contribution is -2.37. The van der Waals surface area contributed by atoms with Gasteiger partial charge in [0.05, 0.1) is 35.9 Å². The van der Waals surface area contributed by atoms with E-state index < -0.39 is 5.82 Å². The van der Waals surface area contributed by atoms with Crippen LogP contribution in [-0.4, -0.2) is 39.8 Å². The number of carbonyl (C=O) groups is 1. The van der Waals surface area contributed by atoms with Crippen molar-refractivity contribution in [2.75, 3.05) is 13.2 Å². The van der Waals surface area contributed by atoms with E-state index in [9.17, 15) is 9.18 Å². The first-order valence-electron chi connectivity index (χ1n) is 12.2. The number of hydrogen-bond acceptors (Lipinski definition) is 5. The van der Waals surface area contributed by atoms with Gasteiger partial charge in [-0.15, -0.1) is 0 Å². The van der Waals surface area contributed by atoms with E-state index in [1.165, 1.54) is 18.4 Å². The molecule has 186 valence electrons. The van der Waals surface area contributed by atoms with Crippen molar-refractivity contribution in [1.29, 1.82) is 0 Å². The van der Waals surface area contributed by atoms with Crippen LogP contribution >= 0.6 is 0 Å². The van der Waals surface area contributed by atoms with Gasteiger partial charge in [-0.2, -0.15) is 5.10 Å². The highest BCUT2D eigenvalue weighted by Crippen LogP contribution is 2.33. The molecule has 0 bridgehead atoms. The summed E-state index contributed by atoms with van der Waals surface area (Å²) < 4.78 is 33.2. The Morgan fingerprint density at radius 3 is 2.72 bits per heavy atom. The Morgan fingerprint density at radius 2 is 2.03 bits per heavy atom. The third kappa shape index (κ3) is 5.18. The lowest BCUT2D eigenvalue weighted by Gasteiger charge is -2.25. The number of para-hydroxylation sites is 1. The fourth-order valence-electron chi connectivity index (χ4n) is 4.41. The fraction of sp³-hybridized carbons (Fsp3) is 0.286. The van der Waals surface area contributed by atoms with Gasteiger partial charge in [0.15, 0.2) is 5.76 Å². The van der Waals surface area contributed by atoms with Crippen molar-refractivity contribution in [2.24, 2.45) is 0 Å². The molecule has 1 saturated heterocycles. The predicted octanol–water partition coefficient (Wildman–Crippen LogP) is 5.78. The van der Waals surface area contributed by atoms with Gasteiger partial charge in [-0.3, -0.25) is 4.79 Å². The Bertz CT molecular complexity index is 1300. The lowest BCUT2D eigenvalue weighted by atomic mass is 10.1. The predicted molar refractivity (Wildman–Crippen MR) is 132 cm³/mol. The molecule has 1 aliphatic heterocycles. The molecule has 3 heterocycles. The van der Waals surface area contributed by atoms with E-state index >= 15 is 0 Å². The van der Waals surface area contributed by atoms with Crippen molar-refractivity contribution in [3.63, 3.8) is 0 Å². The number of ether oxygens (including phenoxy) is 2. The van der Waals surface area contributed by atoms with Crippen LogP contribution in [0.25, 0.3) is 5.69 Å². The van der Waals surface area contributed by atoms with Gasteiger partial charge in [-0.05, 0) is 55.7 Å². The van der Waals surface area contributed by atoms with Gasteiger partial charge in [0.1, 0.15) is 11.6 Å². The highest BCUT2D eigenvalue weighted by molar-refractivity contribution is 5.91. The minimum atomic E-state index is -0.399. The minimum Gasteiger partial charge on any atom is -0.459 e. The monoisotopic (exact) mass is 489 g/mol. The van der Waals surface area contributed by atoms with E-state index in [2.05, 4.69) is 0 Å².